The normalized spacial score (nSPS) is 19.1. The fraction of sp³-hybridized carbons (Fsp3) is 0.825. The highest BCUT2D eigenvalue weighted by atomic mass is 16.7. The number of ether oxygens (including phenoxy) is 4. The molecular weight excluding hydrogens is 901 g/mol. The van der Waals surface area contributed by atoms with Crippen LogP contribution in [0.1, 0.15) is 271 Å². The first-order valence-corrected chi connectivity index (χ1v) is 30.4. The highest BCUT2D eigenvalue weighted by Gasteiger charge is 2.44. The summed E-state index contributed by atoms with van der Waals surface area (Å²) in [4.78, 5) is 12.9. The van der Waals surface area contributed by atoms with Crippen LogP contribution in [0.25, 0.3) is 0 Å². The van der Waals surface area contributed by atoms with Crippen molar-refractivity contribution in [2.24, 2.45) is 0 Å². The van der Waals surface area contributed by atoms with E-state index in [1.165, 1.54) is 193 Å². The molecule has 9 heteroatoms. The predicted octanol–water partition coefficient (Wildman–Crippen LogP) is 16.2. The molecule has 0 spiro atoms. The summed E-state index contributed by atoms with van der Waals surface area (Å²) in [6.07, 6.45) is 64.2. The zero-order chi connectivity index (χ0) is 52.1. The van der Waals surface area contributed by atoms with Gasteiger partial charge in [0.05, 0.1) is 19.8 Å². The third-order valence-electron chi connectivity index (χ3n) is 13.9. The Morgan fingerprint density at radius 1 is 0.458 bits per heavy atom. The van der Waals surface area contributed by atoms with E-state index in [1.54, 1.807) is 0 Å². The zero-order valence-corrected chi connectivity index (χ0v) is 46.7. The Balaban J connectivity index is 2.13. The molecule has 0 aromatic carbocycles. The second-order valence-electron chi connectivity index (χ2n) is 20.8. The average Bonchev–Trinajstić information content (AvgIpc) is 3.38. The number of rotatable bonds is 53. The molecule has 0 aliphatic carbocycles. The van der Waals surface area contributed by atoms with Gasteiger partial charge in [-0.2, -0.15) is 0 Å². The Hall–Kier alpha value is -2.11. The van der Waals surface area contributed by atoms with E-state index in [9.17, 15) is 25.2 Å². The molecule has 72 heavy (non-hydrogen) atoms. The number of esters is 1. The zero-order valence-electron chi connectivity index (χ0n) is 46.7. The second-order valence-corrected chi connectivity index (χ2v) is 20.8. The largest absolute Gasteiger partial charge is 0.457 e. The molecule has 0 aromatic heterocycles. The smallest absolute Gasteiger partial charge is 0.306 e. The number of allylic oxidation sites excluding steroid dienone is 10. The van der Waals surface area contributed by atoms with Crippen LogP contribution >= 0.6 is 0 Å². The number of aliphatic hydroxyl groups excluding tert-OH is 4. The Kier molecular flexibility index (Phi) is 50.7. The van der Waals surface area contributed by atoms with Crippen LogP contribution in [0.2, 0.25) is 0 Å². The number of carbonyl (C=O) groups is 1. The minimum Gasteiger partial charge on any atom is -0.457 e. The van der Waals surface area contributed by atoms with Gasteiger partial charge in [0.25, 0.3) is 0 Å². The van der Waals surface area contributed by atoms with Gasteiger partial charge in [0.1, 0.15) is 30.5 Å². The summed E-state index contributed by atoms with van der Waals surface area (Å²) in [6.45, 7) is 4.48. The van der Waals surface area contributed by atoms with Crippen molar-refractivity contribution in [3.05, 3.63) is 60.8 Å². The van der Waals surface area contributed by atoms with Crippen molar-refractivity contribution in [3.63, 3.8) is 0 Å². The summed E-state index contributed by atoms with van der Waals surface area (Å²) in [6, 6.07) is 0. The first-order valence-electron chi connectivity index (χ1n) is 30.4. The SMILES string of the molecule is CC/C=C\C/C=C\C/C=C\C/C=C\CCCCCCCCCCCCCOCC(COC1OC(CO)C(O)C(O)C1O)OC(=O)CCCCCCCCCCCCCCC/C=C\CCCCCCCCCC. The van der Waals surface area contributed by atoms with Gasteiger partial charge >= 0.3 is 5.97 Å². The molecule has 1 heterocycles. The van der Waals surface area contributed by atoms with E-state index in [0.29, 0.717) is 13.0 Å². The molecule has 9 nitrogen and oxygen atoms in total. The number of unbranched alkanes of at least 4 members (excludes halogenated alkanes) is 32. The van der Waals surface area contributed by atoms with E-state index < -0.39 is 43.4 Å². The number of hydrogen-bond donors (Lipinski definition) is 4. The van der Waals surface area contributed by atoms with Gasteiger partial charge in [0.2, 0.25) is 0 Å². The van der Waals surface area contributed by atoms with E-state index in [4.69, 9.17) is 18.9 Å². The minimum atomic E-state index is -1.54. The standard InChI is InChI=1S/C63H114O9/c1-3-5-7-9-11-13-15-17-19-21-23-25-27-29-30-32-34-36-38-40-42-44-46-48-50-52-59(65)71-57(56-70-63-62(68)61(67)60(66)58(54-64)72-63)55-69-53-51-49-47-45-43-41-39-37-35-33-31-28-26-24-22-20-18-16-14-12-10-8-6-4-2/h6,8,12,14,18,20-21,23-24,26,57-58,60-64,66-68H,3-5,7,9-11,13,15-17,19,22,25,27-56H2,1-2H3/b8-6-,14-12-,20-18-,23-21-,26-24-. The fourth-order valence-corrected chi connectivity index (χ4v) is 9.25. The fourth-order valence-electron chi connectivity index (χ4n) is 9.25. The minimum absolute atomic E-state index is 0.114. The van der Waals surface area contributed by atoms with E-state index in [0.717, 1.165) is 57.8 Å². The van der Waals surface area contributed by atoms with Crippen molar-refractivity contribution in [2.45, 2.75) is 307 Å². The summed E-state index contributed by atoms with van der Waals surface area (Å²) in [5.74, 6) is -0.312. The van der Waals surface area contributed by atoms with Crippen LogP contribution in [0.4, 0.5) is 0 Å². The maximum absolute atomic E-state index is 12.9. The van der Waals surface area contributed by atoms with Gasteiger partial charge in [-0.3, -0.25) is 4.79 Å². The summed E-state index contributed by atoms with van der Waals surface area (Å²) in [7, 11) is 0. The Bertz CT molecular complexity index is 1290. The number of aliphatic hydroxyl groups is 4. The van der Waals surface area contributed by atoms with Crippen molar-refractivity contribution in [1.82, 2.24) is 0 Å². The first-order chi connectivity index (χ1) is 35.4. The quantitative estimate of drug-likeness (QED) is 0.0267. The lowest BCUT2D eigenvalue weighted by Gasteiger charge is -2.39. The van der Waals surface area contributed by atoms with Crippen molar-refractivity contribution >= 4 is 5.97 Å². The molecule has 1 fully saturated rings. The molecule has 6 unspecified atom stereocenters. The molecule has 0 amide bonds. The van der Waals surface area contributed by atoms with E-state index >= 15 is 0 Å². The van der Waals surface area contributed by atoms with E-state index in [-0.39, 0.29) is 19.2 Å². The van der Waals surface area contributed by atoms with Gasteiger partial charge in [-0.1, -0.05) is 248 Å². The second kappa shape index (κ2) is 53.7. The van der Waals surface area contributed by atoms with Gasteiger partial charge < -0.3 is 39.4 Å². The molecule has 1 aliphatic heterocycles. The number of carbonyl (C=O) groups excluding carboxylic acids is 1. The highest BCUT2D eigenvalue weighted by Crippen LogP contribution is 2.23. The van der Waals surface area contributed by atoms with Crippen molar-refractivity contribution in [1.29, 1.82) is 0 Å². The lowest BCUT2D eigenvalue weighted by molar-refractivity contribution is -0.305. The maximum atomic E-state index is 12.9. The lowest BCUT2D eigenvalue weighted by atomic mass is 9.99. The summed E-state index contributed by atoms with van der Waals surface area (Å²) in [5.41, 5.74) is 0. The Labute approximate surface area is 443 Å². The van der Waals surface area contributed by atoms with Crippen LogP contribution in [-0.2, 0) is 23.7 Å². The molecule has 1 saturated heterocycles. The van der Waals surface area contributed by atoms with Gasteiger partial charge in [0.15, 0.2) is 6.29 Å². The summed E-state index contributed by atoms with van der Waals surface area (Å²) < 4.78 is 23.0. The molecule has 1 aliphatic rings. The van der Waals surface area contributed by atoms with E-state index in [2.05, 4.69) is 74.6 Å². The Morgan fingerprint density at radius 3 is 1.29 bits per heavy atom. The van der Waals surface area contributed by atoms with Crippen LogP contribution in [-0.4, -0.2) is 89.6 Å². The highest BCUT2D eigenvalue weighted by molar-refractivity contribution is 5.69. The van der Waals surface area contributed by atoms with Crippen LogP contribution in [0, 0.1) is 0 Å². The average molecular weight is 1020 g/mol. The van der Waals surface area contributed by atoms with Crippen molar-refractivity contribution in [2.75, 3.05) is 26.4 Å². The molecule has 6 atom stereocenters. The van der Waals surface area contributed by atoms with Gasteiger partial charge in [-0.15, -0.1) is 0 Å². The molecule has 0 radical (unpaired) electrons. The molecular formula is C63H114O9. The van der Waals surface area contributed by atoms with Crippen molar-refractivity contribution in [3.8, 4) is 0 Å². The summed E-state index contributed by atoms with van der Waals surface area (Å²) >= 11 is 0. The Morgan fingerprint density at radius 2 is 0.847 bits per heavy atom. The van der Waals surface area contributed by atoms with Crippen molar-refractivity contribution < 1.29 is 44.2 Å². The molecule has 0 bridgehead atoms. The van der Waals surface area contributed by atoms with Crippen LogP contribution in [0.3, 0.4) is 0 Å². The van der Waals surface area contributed by atoms with Gasteiger partial charge in [-0.05, 0) is 77.0 Å². The summed E-state index contributed by atoms with van der Waals surface area (Å²) in [5, 5.41) is 40.4. The lowest BCUT2D eigenvalue weighted by Crippen LogP contribution is -2.59. The molecule has 0 saturated carbocycles. The van der Waals surface area contributed by atoms with Crippen LogP contribution < -0.4 is 0 Å². The third kappa shape index (κ3) is 43.2. The van der Waals surface area contributed by atoms with Gasteiger partial charge in [0, 0.05) is 13.0 Å². The maximum Gasteiger partial charge on any atom is 0.306 e. The van der Waals surface area contributed by atoms with Gasteiger partial charge in [-0.25, -0.2) is 0 Å². The van der Waals surface area contributed by atoms with Crippen LogP contribution in [0.5, 0.6) is 0 Å². The third-order valence-corrected chi connectivity index (χ3v) is 13.9. The first kappa shape index (κ1) is 67.9. The number of hydrogen-bond acceptors (Lipinski definition) is 9. The predicted molar refractivity (Wildman–Crippen MR) is 302 cm³/mol. The topological polar surface area (TPSA) is 135 Å². The molecule has 0 aromatic rings. The molecule has 420 valence electrons. The van der Waals surface area contributed by atoms with Crippen LogP contribution in [0.15, 0.2) is 60.8 Å². The molecule has 4 N–H and O–H groups in total. The molecule has 1 rings (SSSR count). The monoisotopic (exact) mass is 1010 g/mol. The van der Waals surface area contributed by atoms with E-state index in [1.807, 2.05) is 0 Å².